The van der Waals surface area contributed by atoms with Crippen LogP contribution in [0.5, 0.6) is 11.5 Å². The first-order valence-electron chi connectivity index (χ1n) is 8.43. The van der Waals surface area contributed by atoms with E-state index in [-0.39, 0.29) is 23.8 Å². The van der Waals surface area contributed by atoms with Gasteiger partial charge < -0.3 is 14.8 Å². The van der Waals surface area contributed by atoms with E-state index in [0.717, 1.165) is 5.56 Å². The molecule has 0 atom stereocenters. The first kappa shape index (κ1) is 20.2. The number of methoxy groups -OCH3 is 1. The Kier molecular flexibility index (Phi) is 5.99. The molecule has 0 unspecified atom stereocenters. The fourth-order valence-corrected chi connectivity index (χ4v) is 2.67. The van der Waals surface area contributed by atoms with Crippen LogP contribution < -0.4 is 14.8 Å². The van der Waals surface area contributed by atoms with Gasteiger partial charge in [0.05, 0.1) is 23.1 Å². The standard InChI is InChI=1S/C19H17ClN4O5/c1-12-3-5-14(20)18(9-12)29-11-23-8-7-16(22-23)19(25)21-15-6-4-13(28-2)10-17(15)24(26)27/h3-10H,11H2,1-2H3,(H,21,25). The molecule has 2 aromatic carbocycles. The minimum atomic E-state index is -0.601. The van der Waals surface area contributed by atoms with Crippen LogP contribution in [0.3, 0.4) is 0 Å². The number of ether oxygens (including phenoxy) is 2. The number of hydrogen-bond acceptors (Lipinski definition) is 6. The van der Waals surface area contributed by atoms with E-state index in [9.17, 15) is 14.9 Å². The lowest BCUT2D eigenvalue weighted by atomic mass is 10.2. The molecule has 150 valence electrons. The molecule has 0 spiro atoms. The maximum atomic E-state index is 12.4. The Morgan fingerprint density at radius 3 is 2.79 bits per heavy atom. The van der Waals surface area contributed by atoms with Crippen molar-refractivity contribution in [2.24, 2.45) is 0 Å². The lowest BCUT2D eigenvalue weighted by molar-refractivity contribution is -0.384. The molecule has 10 heteroatoms. The molecule has 1 amide bonds. The molecule has 0 fully saturated rings. The van der Waals surface area contributed by atoms with Crippen LogP contribution in [0.4, 0.5) is 11.4 Å². The number of nitrogens with one attached hydrogen (secondary N) is 1. The van der Waals surface area contributed by atoms with Crippen molar-refractivity contribution >= 4 is 28.9 Å². The number of aromatic nitrogens is 2. The van der Waals surface area contributed by atoms with Gasteiger partial charge in [0, 0.05) is 6.20 Å². The van der Waals surface area contributed by atoms with Gasteiger partial charge in [-0.05, 0) is 42.8 Å². The number of rotatable bonds is 7. The number of aryl methyl sites for hydroxylation is 1. The number of nitro groups is 1. The highest BCUT2D eigenvalue weighted by Crippen LogP contribution is 2.29. The van der Waals surface area contributed by atoms with Crippen molar-refractivity contribution in [2.75, 3.05) is 12.4 Å². The minimum Gasteiger partial charge on any atom is -0.496 e. The second-order valence-electron chi connectivity index (χ2n) is 6.04. The lowest BCUT2D eigenvalue weighted by Gasteiger charge is -2.09. The molecule has 29 heavy (non-hydrogen) atoms. The number of carbonyl (C=O) groups is 1. The summed E-state index contributed by atoms with van der Waals surface area (Å²) in [6.45, 7) is 1.96. The van der Waals surface area contributed by atoms with E-state index in [1.54, 1.807) is 18.3 Å². The van der Waals surface area contributed by atoms with Gasteiger partial charge in [0.15, 0.2) is 12.4 Å². The zero-order valence-corrected chi connectivity index (χ0v) is 16.3. The second-order valence-corrected chi connectivity index (χ2v) is 6.45. The third-order valence-electron chi connectivity index (χ3n) is 3.96. The van der Waals surface area contributed by atoms with Crippen molar-refractivity contribution in [3.8, 4) is 11.5 Å². The Labute approximate surface area is 171 Å². The highest BCUT2D eigenvalue weighted by atomic mass is 35.5. The molecule has 0 aliphatic rings. The van der Waals surface area contributed by atoms with Gasteiger partial charge in [-0.25, -0.2) is 4.68 Å². The largest absolute Gasteiger partial charge is 0.496 e. The van der Waals surface area contributed by atoms with Gasteiger partial charge in [-0.15, -0.1) is 0 Å². The molecule has 0 radical (unpaired) electrons. The fraction of sp³-hybridized carbons (Fsp3) is 0.158. The highest BCUT2D eigenvalue weighted by molar-refractivity contribution is 6.32. The Bertz CT molecular complexity index is 1070. The van der Waals surface area contributed by atoms with Gasteiger partial charge in [0.2, 0.25) is 0 Å². The number of carbonyl (C=O) groups excluding carboxylic acids is 1. The number of nitrogens with zero attached hydrogens (tertiary/aromatic N) is 3. The SMILES string of the molecule is COc1ccc(NC(=O)c2ccn(COc3cc(C)ccc3Cl)n2)c([N+](=O)[O-])c1. The predicted octanol–water partition coefficient (Wildman–Crippen LogP) is 4.05. The van der Waals surface area contributed by atoms with Gasteiger partial charge in [0.1, 0.15) is 17.2 Å². The summed E-state index contributed by atoms with van der Waals surface area (Å²) in [4.78, 5) is 23.1. The Hall–Kier alpha value is -3.59. The number of halogens is 1. The van der Waals surface area contributed by atoms with Gasteiger partial charge in [-0.3, -0.25) is 14.9 Å². The molecular weight excluding hydrogens is 400 g/mol. The molecule has 0 aliphatic carbocycles. The fourth-order valence-electron chi connectivity index (χ4n) is 2.49. The summed E-state index contributed by atoms with van der Waals surface area (Å²) in [7, 11) is 1.40. The minimum absolute atomic E-state index is 0.0399. The average molecular weight is 417 g/mol. The third kappa shape index (κ3) is 4.82. The molecular formula is C19H17ClN4O5. The smallest absolute Gasteiger partial charge is 0.296 e. The van der Waals surface area contributed by atoms with Crippen molar-refractivity contribution in [3.63, 3.8) is 0 Å². The monoisotopic (exact) mass is 416 g/mol. The lowest BCUT2D eigenvalue weighted by Crippen LogP contribution is -2.15. The van der Waals surface area contributed by atoms with Crippen LogP contribution in [0.2, 0.25) is 5.02 Å². The number of hydrogen-bond donors (Lipinski definition) is 1. The first-order chi connectivity index (χ1) is 13.9. The van der Waals surface area contributed by atoms with Crippen LogP contribution in [0.1, 0.15) is 16.1 Å². The molecule has 1 heterocycles. The van der Waals surface area contributed by atoms with E-state index in [1.165, 1.54) is 36.1 Å². The van der Waals surface area contributed by atoms with Crippen LogP contribution in [0.15, 0.2) is 48.7 Å². The van der Waals surface area contributed by atoms with Crippen LogP contribution in [-0.4, -0.2) is 27.7 Å². The molecule has 9 nitrogen and oxygen atoms in total. The second kappa shape index (κ2) is 8.61. The van der Waals surface area contributed by atoms with Crippen molar-refractivity contribution in [2.45, 2.75) is 13.7 Å². The van der Waals surface area contributed by atoms with Gasteiger partial charge in [-0.2, -0.15) is 5.10 Å². The molecule has 0 saturated carbocycles. The quantitative estimate of drug-likeness (QED) is 0.459. The third-order valence-corrected chi connectivity index (χ3v) is 4.27. The van der Waals surface area contributed by atoms with Gasteiger partial charge in [0.25, 0.3) is 11.6 Å². The van der Waals surface area contributed by atoms with E-state index in [2.05, 4.69) is 10.4 Å². The molecule has 0 aliphatic heterocycles. The van der Waals surface area contributed by atoms with Crippen LogP contribution in [0.25, 0.3) is 0 Å². The van der Waals surface area contributed by atoms with Crippen molar-refractivity contribution in [3.05, 3.63) is 75.1 Å². The topological polar surface area (TPSA) is 109 Å². The first-order valence-corrected chi connectivity index (χ1v) is 8.81. The summed E-state index contributed by atoms with van der Waals surface area (Å²) in [6.07, 6.45) is 1.56. The summed E-state index contributed by atoms with van der Waals surface area (Å²) in [5, 5.41) is 18.3. The van der Waals surface area contributed by atoms with Crippen molar-refractivity contribution in [1.82, 2.24) is 9.78 Å². The highest BCUT2D eigenvalue weighted by Gasteiger charge is 2.19. The zero-order valence-electron chi connectivity index (χ0n) is 15.6. The normalized spacial score (nSPS) is 10.4. The van der Waals surface area contributed by atoms with Crippen LogP contribution in [0, 0.1) is 17.0 Å². The summed E-state index contributed by atoms with van der Waals surface area (Å²) in [5.74, 6) is 0.221. The molecule has 3 rings (SSSR count). The van der Waals surface area contributed by atoms with Gasteiger partial charge >= 0.3 is 0 Å². The summed E-state index contributed by atoms with van der Waals surface area (Å²) < 4.78 is 12.0. The van der Waals surface area contributed by atoms with Gasteiger partial charge in [-0.1, -0.05) is 17.7 Å². The van der Waals surface area contributed by atoms with E-state index >= 15 is 0 Å². The Morgan fingerprint density at radius 2 is 2.07 bits per heavy atom. The van der Waals surface area contributed by atoms with E-state index in [0.29, 0.717) is 16.5 Å². The van der Waals surface area contributed by atoms with E-state index in [4.69, 9.17) is 21.1 Å². The number of amides is 1. The average Bonchev–Trinajstić information content (AvgIpc) is 3.18. The molecule has 1 aromatic heterocycles. The summed E-state index contributed by atoms with van der Waals surface area (Å²) in [5.41, 5.74) is 0.827. The molecule has 1 N–H and O–H groups in total. The summed E-state index contributed by atoms with van der Waals surface area (Å²) >= 11 is 6.09. The van der Waals surface area contributed by atoms with Crippen LogP contribution >= 0.6 is 11.6 Å². The van der Waals surface area contributed by atoms with E-state index < -0.39 is 10.8 Å². The van der Waals surface area contributed by atoms with Crippen LogP contribution in [-0.2, 0) is 6.73 Å². The number of anilines is 1. The number of nitro benzene ring substituents is 1. The maximum absolute atomic E-state index is 12.4. The molecule has 0 saturated heterocycles. The molecule has 3 aromatic rings. The van der Waals surface area contributed by atoms with E-state index in [1.807, 2.05) is 13.0 Å². The Balaban J connectivity index is 1.70. The summed E-state index contributed by atoms with van der Waals surface area (Å²) in [6, 6.07) is 11.0. The predicted molar refractivity (Wildman–Crippen MR) is 107 cm³/mol. The zero-order chi connectivity index (χ0) is 21.0. The number of benzene rings is 2. The molecule has 0 bridgehead atoms. The van der Waals surface area contributed by atoms with Crippen molar-refractivity contribution in [1.29, 1.82) is 0 Å². The Morgan fingerprint density at radius 1 is 1.28 bits per heavy atom. The van der Waals surface area contributed by atoms with Crippen molar-refractivity contribution < 1.29 is 19.2 Å². The maximum Gasteiger partial charge on any atom is 0.296 e.